The summed E-state index contributed by atoms with van der Waals surface area (Å²) in [5.41, 5.74) is 0. The van der Waals surface area contributed by atoms with Crippen molar-refractivity contribution in [2.75, 3.05) is 65.5 Å². The van der Waals surface area contributed by atoms with Crippen LogP contribution in [0.2, 0.25) is 0 Å². The summed E-state index contributed by atoms with van der Waals surface area (Å²) in [6, 6.07) is 1.53. The number of piperazine rings is 1. The zero-order chi connectivity index (χ0) is 16.8. The molecule has 5 heteroatoms. The Balaban J connectivity index is 1.55. The first-order valence-corrected chi connectivity index (χ1v) is 10.3. The molecule has 3 heterocycles. The van der Waals surface area contributed by atoms with E-state index in [2.05, 4.69) is 26.9 Å². The van der Waals surface area contributed by atoms with Crippen molar-refractivity contribution in [3.63, 3.8) is 0 Å². The van der Waals surface area contributed by atoms with Gasteiger partial charge in [0.1, 0.15) is 0 Å². The van der Waals surface area contributed by atoms with Crippen molar-refractivity contribution in [2.24, 2.45) is 5.92 Å². The number of rotatable bonds is 6. The van der Waals surface area contributed by atoms with Crippen LogP contribution in [0.1, 0.15) is 39.0 Å². The molecule has 0 bridgehead atoms. The van der Waals surface area contributed by atoms with Gasteiger partial charge in [0, 0.05) is 57.9 Å². The second-order valence-electron chi connectivity index (χ2n) is 7.97. The highest BCUT2D eigenvalue weighted by molar-refractivity contribution is 4.91. The Morgan fingerprint density at radius 1 is 1.04 bits per heavy atom. The number of hydrogen-bond donors (Lipinski definition) is 2. The normalized spacial score (nSPS) is 34.5. The van der Waals surface area contributed by atoms with E-state index in [1.165, 1.54) is 64.8 Å². The number of aliphatic hydroxyl groups excluding tert-OH is 1. The van der Waals surface area contributed by atoms with Gasteiger partial charge in [-0.2, -0.15) is 0 Å². The van der Waals surface area contributed by atoms with E-state index in [0.29, 0.717) is 12.6 Å². The van der Waals surface area contributed by atoms with Crippen LogP contribution < -0.4 is 5.32 Å². The van der Waals surface area contributed by atoms with Crippen molar-refractivity contribution < 1.29 is 5.11 Å². The molecule has 3 aliphatic rings. The molecule has 0 saturated carbocycles. The molecule has 3 unspecified atom stereocenters. The minimum atomic E-state index is 0.293. The van der Waals surface area contributed by atoms with Gasteiger partial charge in [-0.3, -0.25) is 9.80 Å². The standard InChI is InChI=1S/C19H38N4O/c1-2-18-5-3-4-8-23(18)16-17-6-7-20-15-19(17)22-11-9-21(10-12-22)13-14-24/h17-20,24H,2-16H2,1H3. The molecule has 3 rings (SSSR count). The molecule has 140 valence electrons. The molecule has 24 heavy (non-hydrogen) atoms. The van der Waals surface area contributed by atoms with Crippen LogP contribution in [0.3, 0.4) is 0 Å². The van der Waals surface area contributed by atoms with Gasteiger partial charge in [0.25, 0.3) is 0 Å². The van der Waals surface area contributed by atoms with Crippen molar-refractivity contribution in [2.45, 2.75) is 51.1 Å². The van der Waals surface area contributed by atoms with E-state index in [0.717, 1.165) is 38.1 Å². The molecule has 0 amide bonds. The van der Waals surface area contributed by atoms with Crippen LogP contribution in [0.15, 0.2) is 0 Å². The molecule has 0 spiro atoms. The van der Waals surface area contributed by atoms with E-state index in [1.54, 1.807) is 0 Å². The molecule has 2 N–H and O–H groups in total. The molecule has 0 radical (unpaired) electrons. The third kappa shape index (κ3) is 4.70. The minimum absolute atomic E-state index is 0.293. The van der Waals surface area contributed by atoms with Gasteiger partial charge in [0.05, 0.1) is 6.61 Å². The molecular formula is C19H38N4O. The average Bonchev–Trinajstić information content (AvgIpc) is 2.64. The molecule has 0 aromatic carbocycles. The fraction of sp³-hybridized carbons (Fsp3) is 1.00. The molecule has 3 saturated heterocycles. The maximum absolute atomic E-state index is 9.13. The van der Waals surface area contributed by atoms with Crippen LogP contribution in [0.5, 0.6) is 0 Å². The van der Waals surface area contributed by atoms with E-state index in [1.807, 2.05) is 0 Å². The van der Waals surface area contributed by atoms with Gasteiger partial charge in [0.2, 0.25) is 0 Å². The van der Waals surface area contributed by atoms with Gasteiger partial charge >= 0.3 is 0 Å². The van der Waals surface area contributed by atoms with Crippen LogP contribution in [0.25, 0.3) is 0 Å². The predicted molar refractivity (Wildman–Crippen MR) is 99.4 cm³/mol. The van der Waals surface area contributed by atoms with E-state index in [4.69, 9.17) is 5.11 Å². The van der Waals surface area contributed by atoms with Crippen LogP contribution in [-0.2, 0) is 0 Å². The van der Waals surface area contributed by atoms with E-state index >= 15 is 0 Å². The molecule has 3 fully saturated rings. The Bertz CT molecular complexity index is 359. The summed E-state index contributed by atoms with van der Waals surface area (Å²) in [4.78, 5) is 7.95. The Morgan fingerprint density at radius 2 is 1.88 bits per heavy atom. The molecule has 3 aliphatic heterocycles. The molecule has 5 nitrogen and oxygen atoms in total. The minimum Gasteiger partial charge on any atom is -0.395 e. The summed E-state index contributed by atoms with van der Waals surface area (Å²) >= 11 is 0. The Morgan fingerprint density at radius 3 is 2.62 bits per heavy atom. The number of β-amino-alcohol motifs (C(OH)–C–C–N with tert-alkyl or cyclic N) is 1. The smallest absolute Gasteiger partial charge is 0.0558 e. The van der Waals surface area contributed by atoms with E-state index in [9.17, 15) is 0 Å². The lowest BCUT2D eigenvalue weighted by molar-refractivity contribution is 0.0266. The highest BCUT2D eigenvalue weighted by Crippen LogP contribution is 2.26. The van der Waals surface area contributed by atoms with Crippen LogP contribution >= 0.6 is 0 Å². The highest BCUT2D eigenvalue weighted by Gasteiger charge is 2.34. The monoisotopic (exact) mass is 338 g/mol. The molecule has 0 aliphatic carbocycles. The lowest BCUT2D eigenvalue weighted by Crippen LogP contribution is -2.59. The van der Waals surface area contributed by atoms with Crippen LogP contribution in [0.4, 0.5) is 0 Å². The average molecular weight is 339 g/mol. The molecule has 0 aromatic heterocycles. The van der Waals surface area contributed by atoms with Gasteiger partial charge in [-0.1, -0.05) is 13.3 Å². The topological polar surface area (TPSA) is 42.0 Å². The summed E-state index contributed by atoms with van der Waals surface area (Å²) in [5, 5.41) is 12.8. The zero-order valence-corrected chi connectivity index (χ0v) is 15.6. The molecular weight excluding hydrogens is 300 g/mol. The third-order valence-corrected chi connectivity index (χ3v) is 6.57. The van der Waals surface area contributed by atoms with Gasteiger partial charge in [-0.25, -0.2) is 0 Å². The lowest BCUT2D eigenvalue weighted by atomic mass is 9.88. The SMILES string of the molecule is CCC1CCCCN1CC1CCNCC1N1CCN(CCO)CC1. The zero-order valence-electron chi connectivity index (χ0n) is 15.6. The first-order valence-electron chi connectivity index (χ1n) is 10.3. The van der Waals surface area contributed by atoms with Crippen molar-refractivity contribution in [3.05, 3.63) is 0 Å². The first kappa shape index (κ1) is 18.6. The summed E-state index contributed by atoms with van der Waals surface area (Å²) in [7, 11) is 0. The summed E-state index contributed by atoms with van der Waals surface area (Å²) < 4.78 is 0. The second kappa shape index (κ2) is 9.48. The maximum atomic E-state index is 9.13. The third-order valence-electron chi connectivity index (χ3n) is 6.57. The largest absolute Gasteiger partial charge is 0.395 e. The van der Waals surface area contributed by atoms with E-state index < -0.39 is 0 Å². The lowest BCUT2D eigenvalue weighted by Gasteiger charge is -2.47. The Kier molecular flexibility index (Phi) is 7.35. The van der Waals surface area contributed by atoms with Crippen LogP contribution in [0, 0.1) is 5.92 Å². The van der Waals surface area contributed by atoms with Gasteiger partial charge in [-0.15, -0.1) is 0 Å². The molecule has 3 atom stereocenters. The Hall–Kier alpha value is -0.200. The van der Waals surface area contributed by atoms with Gasteiger partial charge in [-0.05, 0) is 44.7 Å². The van der Waals surface area contributed by atoms with E-state index in [-0.39, 0.29) is 0 Å². The highest BCUT2D eigenvalue weighted by atomic mass is 16.3. The quantitative estimate of drug-likeness (QED) is 0.751. The maximum Gasteiger partial charge on any atom is 0.0558 e. The van der Waals surface area contributed by atoms with Gasteiger partial charge in [0.15, 0.2) is 0 Å². The summed E-state index contributed by atoms with van der Waals surface area (Å²) in [6.07, 6.45) is 6.87. The summed E-state index contributed by atoms with van der Waals surface area (Å²) in [6.45, 7) is 13.0. The van der Waals surface area contributed by atoms with Crippen molar-refractivity contribution in [1.29, 1.82) is 0 Å². The van der Waals surface area contributed by atoms with Crippen LogP contribution in [-0.4, -0.2) is 97.4 Å². The second-order valence-corrected chi connectivity index (χ2v) is 7.97. The predicted octanol–water partition coefficient (Wildman–Crippen LogP) is 0.839. The fourth-order valence-corrected chi connectivity index (χ4v) is 5.06. The number of hydrogen-bond acceptors (Lipinski definition) is 5. The van der Waals surface area contributed by atoms with Crippen molar-refractivity contribution in [1.82, 2.24) is 20.0 Å². The number of nitrogens with one attached hydrogen (secondary N) is 1. The first-order chi connectivity index (χ1) is 11.8. The van der Waals surface area contributed by atoms with Crippen molar-refractivity contribution in [3.8, 4) is 0 Å². The molecule has 0 aromatic rings. The number of aliphatic hydroxyl groups is 1. The number of piperidine rings is 2. The number of nitrogens with zero attached hydrogens (tertiary/aromatic N) is 3. The fourth-order valence-electron chi connectivity index (χ4n) is 5.06. The van der Waals surface area contributed by atoms with Gasteiger partial charge < -0.3 is 15.3 Å². The van der Waals surface area contributed by atoms with Crippen molar-refractivity contribution >= 4 is 0 Å². The summed E-state index contributed by atoms with van der Waals surface area (Å²) in [5.74, 6) is 0.822. The number of likely N-dealkylation sites (tertiary alicyclic amines) is 1. The Labute approximate surface area is 148 Å².